The number of nitrogens with one attached hydrogen (secondary N) is 1. The van der Waals surface area contributed by atoms with Crippen molar-refractivity contribution in [3.05, 3.63) is 81.6 Å². The SMILES string of the molecule is Cn1c(=O)n(C)c2cc(SCc3ccco3)c(NC(=O)c3cccc(Cl)c3)cc21. The summed E-state index contributed by atoms with van der Waals surface area (Å²) in [6.45, 7) is 0. The Bertz CT molecular complexity index is 1260. The molecule has 2 heterocycles. The Kier molecular flexibility index (Phi) is 5.25. The van der Waals surface area contributed by atoms with Crippen LogP contribution in [0.4, 0.5) is 5.69 Å². The van der Waals surface area contributed by atoms with Crippen LogP contribution in [0.1, 0.15) is 16.1 Å². The first-order chi connectivity index (χ1) is 13.9. The summed E-state index contributed by atoms with van der Waals surface area (Å²) in [4.78, 5) is 26.0. The molecule has 6 nitrogen and oxygen atoms in total. The molecule has 1 amide bonds. The molecule has 0 bridgehead atoms. The fourth-order valence-electron chi connectivity index (χ4n) is 3.11. The number of imidazole rings is 1. The summed E-state index contributed by atoms with van der Waals surface area (Å²) in [5.41, 5.74) is 2.49. The van der Waals surface area contributed by atoms with Crippen molar-refractivity contribution >= 4 is 46.0 Å². The summed E-state index contributed by atoms with van der Waals surface area (Å²) >= 11 is 7.54. The lowest BCUT2D eigenvalue weighted by molar-refractivity contribution is 0.102. The molecule has 0 aliphatic carbocycles. The first-order valence-electron chi connectivity index (χ1n) is 8.85. The Morgan fingerprint density at radius 1 is 1.10 bits per heavy atom. The van der Waals surface area contributed by atoms with E-state index in [2.05, 4.69) is 5.32 Å². The number of nitrogens with zero attached hydrogens (tertiary/aromatic N) is 2. The molecule has 0 unspecified atom stereocenters. The molecule has 0 atom stereocenters. The lowest BCUT2D eigenvalue weighted by Gasteiger charge is -2.12. The molecule has 0 spiro atoms. The first-order valence-corrected chi connectivity index (χ1v) is 10.2. The molecule has 0 radical (unpaired) electrons. The summed E-state index contributed by atoms with van der Waals surface area (Å²) in [6, 6.07) is 14.2. The summed E-state index contributed by atoms with van der Waals surface area (Å²) in [5.74, 6) is 1.15. The topological polar surface area (TPSA) is 69.2 Å². The fourth-order valence-corrected chi connectivity index (χ4v) is 4.22. The highest BCUT2D eigenvalue weighted by molar-refractivity contribution is 7.98. The van der Waals surface area contributed by atoms with Crippen LogP contribution in [0.2, 0.25) is 5.02 Å². The smallest absolute Gasteiger partial charge is 0.328 e. The first kappa shape index (κ1) is 19.4. The Hall–Kier alpha value is -2.90. The van der Waals surface area contributed by atoms with Gasteiger partial charge in [0.15, 0.2) is 0 Å². The predicted octanol–water partition coefficient (Wildman–Crippen LogP) is 4.67. The second kappa shape index (κ2) is 7.85. The lowest BCUT2D eigenvalue weighted by atomic mass is 10.2. The van der Waals surface area contributed by atoms with Crippen LogP contribution in [-0.2, 0) is 19.8 Å². The van der Waals surface area contributed by atoms with Gasteiger partial charge in [-0.3, -0.25) is 13.9 Å². The Balaban J connectivity index is 1.74. The van der Waals surface area contributed by atoms with E-state index in [-0.39, 0.29) is 11.6 Å². The van der Waals surface area contributed by atoms with E-state index in [4.69, 9.17) is 16.0 Å². The van der Waals surface area contributed by atoms with Crippen molar-refractivity contribution in [3.63, 3.8) is 0 Å². The number of fused-ring (bicyclic) bond motifs is 1. The number of furan rings is 1. The maximum Gasteiger partial charge on any atom is 0.328 e. The van der Waals surface area contributed by atoms with Gasteiger partial charge in [0.25, 0.3) is 5.91 Å². The molecule has 0 aliphatic rings. The third kappa shape index (κ3) is 3.83. The number of halogens is 1. The van der Waals surface area contributed by atoms with Crippen molar-refractivity contribution in [3.8, 4) is 0 Å². The number of amides is 1. The quantitative estimate of drug-likeness (QED) is 0.470. The van der Waals surface area contributed by atoms with Crippen molar-refractivity contribution in [1.82, 2.24) is 9.13 Å². The third-order valence-electron chi connectivity index (χ3n) is 4.66. The molecular weight excluding hydrogens is 410 g/mol. The van der Waals surface area contributed by atoms with Crippen LogP contribution in [0.3, 0.4) is 0 Å². The summed E-state index contributed by atoms with van der Waals surface area (Å²) in [5, 5.41) is 3.45. The van der Waals surface area contributed by atoms with E-state index in [1.807, 2.05) is 24.3 Å². The van der Waals surface area contributed by atoms with Gasteiger partial charge in [-0.05, 0) is 42.5 Å². The number of hydrogen-bond acceptors (Lipinski definition) is 4. The number of anilines is 1. The standard InChI is InChI=1S/C21H18ClN3O3S/c1-24-17-10-16(23-20(26)13-5-3-6-14(22)9-13)19(11-18(17)25(2)21(24)27)29-12-15-7-4-8-28-15/h3-11H,12H2,1-2H3,(H,23,26). The summed E-state index contributed by atoms with van der Waals surface area (Å²) in [7, 11) is 3.44. The van der Waals surface area contributed by atoms with Gasteiger partial charge in [-0.2, -0.15) is 0 Å². The van der Waals surface area contributed by atoms with Crippen molar-refractivity contribution in [2.24, 2.45) is 14.1 Å². The van der Waals surface area contributed by atoms with E-state index in [9.17, 15) is 9.59 Å². The number of aryl methyl sites for hydroxylation is 2. The maximum absolute atomic E-state index is 12.8. The number of benzene rings is 2. The largest absolute Gasteiger partial charge is 0.468 e. The van der Waals surface area contributed by atoms with Crippen molar-refractivity contribution in [1.29, 1.82) is 0 Å². The van der Waals surface area contributed by atoms with Crippen LogP contribution in [0.5, 0.6) is 0 Å². The molecule has 8 heteroatoms. The zero-order chi connectivity index (χ0) is 20.5. The van der Waals surface area contributed by atoms with Crippen molar-refractivity contribution in [2.45, 2.75) is 10.6 Å². The Morgan fingerprint density at radius 3 is 2.55 bits per heavy atom. The van der Waals surface area contributed by atoms with Gasteiger partial charge < -0.3 is 9.73 Å². The monoisotopic (exact) mass is 427 g/mol. The number of carbonyl (C=O) groups is 1. The van der Waals surface area contributed by atoms with Crippen LogP contribution in [-0.4, -0.2) is 15.0 Å². The molecule has 2 aromatic carbocycles. The molecule has 4 rings (SSSR count). The van der Waals surface area contributed by atoms with Gasteiger partial charge in [0.1, 0.15) is 5.76 Å². The number of carbonyl (C=O) groups excluding carboxylic acids is 1. The molecule has 148 valence electrons. The zero-order valence-corrected chi connectivity index (χ0v) is 17.4. The molecule has 2 aromatic heterocycles. The van der Waals surface area contributed by atoms with Gasteiger partial charge >= 0.3 is 5.69 Å². The minimum absolute atomic E-state index is 0.125. The highest BCUT2D eigenvalue weighted by Crippen LogP contribution is 2.34. The summed E-state index contributed by atoms with van der Waals surface area (Å²) in [6.07, 6.45) is 1.63. The lowest BCUT2D eigenvalue weighted by Crippen LogP contribution is -2.19. The molecule has 4 aromatic rings. The van der Waals surface area contributed by atoms with Gasteiger partial charge in [0.2, 0.25) is 0 Å². The molecule has 0 aliphatic heterocycles. The third-order valence-corrected chi connectivity index (χ3v) is 5.97. The molecule has 1 N–H and O–H groups in total. The van der Waals surface area contributed by atoms with Crippen LogP contribution in [0.15, 0.2) is 68.9 Å². The molecule has 0 saturated carbocycles. The minimum Gasteiger partial charge on any atom is -0.468 e. The van der Waals surface area contributed by atoms with E-state index < -0.39 is 0 Å². The average molecular weight is 428 g/mol. The van der Waals surface area contributed by atoms with Crippen molar-refractivity contribution < 1.29 is 9.21 Å². The van der Waals surface area contributed by atoms with Gasteiger partial charge in [0, 0.05) is 29.6 Å². The van der Waals surface area contributed by atoms with Crippen LogP contribution < -0.4 is 11.0 Å². The van der Waals surface area contributed by atoms with Gasteiger partial charge in [0.05, 0.1) is 28.7 Å². The van der Waals surface area contributed by atoms with Gasteiger partial charge in [-0.1, -0.05) is 17.7 Å². The fraction of sp³-hybridized carbons (Fsp3) is 0.143. The second-order valence-corrected chi connectivity index (χ2v) is 8.02. The number of thioether (sulfide) groups is 1. The van der Waals surface area contributed by atoms with E-state index in [1.54, 1.807) is 53.8 Å². The maximum atomic E-state index is 12.8. The Morgan fingerprint density at radius 2 is 1.86 bits per heavy atom. The van der Waals surface area contributed by atoms with Gasteiger partial charge in [-0.25, -0.2) is 4.79 Å². The number of hydrogen-bond donors (Lipinski definition) is 1. The number of aromatic nitrogens is 2. The predicted molar refractivity (Wildman–Crippen MR) is 116 cm³/mol. The van der Waals surface area contributed by atoms with Gasteiger partial charge in [-0.15, -0.1) is 11.8 Å². The number of rotatable bonds is 5. The Labute approximate surface area is 176 Å². The van der Waals surface area contributed by atoms with E-state index in [1.165, 1.54) is 11.8 Å². The second-order valence-electron chi connectivity index (χ2n) is 6.57. The summed E-state index contributed by atoms with van der Waals surface area (Å²) < 4.78 is 8.56. The van der Waals surface area contributed by atoms with E-state index in [0.717, 1.165) is 21.7 Å². The van der Waals surface area contributed by atoms with Crippen LogP contribution in [0.25, 0.3) is 11.0 Å². The van der Waals surface area contributed by atoms with E-state index in [0.29, 0.717) is 22.0 Å². The van der Waals surface area contributed by atoms with Crippen LogP contribution >= 0.6 is 23.4 Å². The van der Waals surface area contributed by atoms with Crippen molar-refractivity contribution in [2.75, 3.05) is 5.32 Å². The normalized spacial score (nSPS) is 11.1. The molecule has 29 heavy (non-hydrogen) atoms. The molecule has 0 saturated heterocycles. The highest BCUT2D eigenvalue weighted by Gasteiger charge is 2.16. The van der Waals surface area contributed by atoms with E-state index >= 15 is 0 Å². The zero-order valence-electron chi connectivity index (χ0n) is 15.8. The highest BCUT2D eigenvalue weighted by atomic mass is 35.5. The average Bonchev–Trinajstić information content (AvgIpc) is 3.30. The molecular formula is C21H18ClN3O3S. The minimum atomic E-state index is -0.271. The van der Waals surface area contributed by atoms with Crippen LogP contribution in [0, 0.1) is 0 Å². The molecule has 0 fully saturated rings.